The Hall–Kier alpha value is 0.370. The first-order valence-corrected chi connectivity index (χ1v) is 3.74. The standard InChI is InChI=1S/C8H10OS.Na/c1-9-8-4-2-7(6-10)3-5-8;/h2-5,10H,6H2,1H3;/q;+1. The number of benzene rings is 1. The maximum Gasteiger partial charge on any atom is 1.00 e. The Morgan fingerprint density at radius 3 is 2.18 bits per heavy atom. The van der Waals surface area contributed by atoms with Crippen LogP contribution in [0.2, 0.25) is 0 Å². The van der Waals surface area contributed by atoms with E-state index in [0.29, 0.717) is 0 Å². The van der Waals surface area contributed by atoms with Gasteiger partial charge in [0.1, 0.15) is 5.75 Å². The normalized spacial score (nSPS) is 8.55. The molecule has 0 bridgehead atoms. The molecule has 54 valence electrons. The van der Waals surface area contributed by atoms with Crippen molar-refractivity contribution in [1.82, 2.24) is 0 Å². The molecule has 0 saturated heterocycles. The molecule has 0 aromatic heterocycles. The van der Waals surface area contributed by atoms with Gasteiger partial charge in [-0.15, -0.1) is 0 Å². The second kappa shape index (κ2) is 5.95. The largest absolute Gasteiger partial charge is 1.00 e. The minimum Gasteiger partial charge on any atom is -0.497 e. The molecule has 1 rings (SSSR count). The third-order valence-electron chi connectivity index (χ3n) is 1.34. The van der Waals surface area contributed by atoms with Gasteiger partial charge in [-0.2, -0.15) is 12.6 Å². The quantitative estimate of drug-likeness (QED) is 0.456. The van der Waals surface area contributed by atoms with Gasteiger partial charge in [-0.3, -0.25) is 0 Å². The van der Waals surface area contributed by atoms with E-state index in [4.69, 9.17) is 4.74 Å². The first-order valence-electron chi connectivity index (χ1n) is 3.10. The van der Waals surface area contributed by atoms with Gasteiger partial charge < -0.3 is 4.74 Å². The summed E-state index contributed by atoms with van der Waals surface area (Å²) in [4.78, 5) is 0. The minimum atomic E-state index is 0. The molecule has 0 saturated carbocycles. The SMILES string of the molecule is COc1ccc(CS)cc1.[Na+]. The average Bonchev–Trinajstić information content (AvgIpc) is 2.05. The maximum atomic E-state index is 4.99. The molecule has 1 aromatic carbocycles. The van der Waals surface area contributed by atoms with Crippen LogP contribution in [-0.2, 0) is 5.75 Å². The molecule has 0 N–H and O–H groups in total. The van der Waals surface area contributed by atoms with Gasteiger partial charge in [-0.1, -0.05) is 12.1 Å². The van der Waals surface area contributed by atoms with E-state index in [1.54, 1.807) is 7.11 Å². The number of thiol groups is 1. The van der Waals surface area contributed by atoms with Gasteiger partial charge in [0.25, 0.3) is 0 Å². The summed E-state index contributed by atoms with van der Waals surface area (Å²) in [5.41, 5.74) is 1.21. The molecule has 0 heterocycles. The number of hydrogen-bond acceptors (Lipinski definition) is 2. The van der Waals surface area contributed by atoms with E-state index in [2.05, 4.69) is 12.6 Å². The second-order valence-corrected chi connectivity index (χ2v) is 2.32. The van der Waals surface area contributed by atoms with Crippen molar-refractivity contribution >= 4 is 12.6 Å². The minimum absolute atomic E-state index is 0. The Bertz CT molecular complexity index is 175. The van der Waals surface area contributed by atoms with Crippen LogP contribution < -0.4 is 34.3 Å². The molecule has 1 aromatic rings. The summed E-state index contributed by atoms with van der Waals surface area (Å²) in [5, 5.41) is 0. The molecule has 0 unspecified atom stereocenters. The maximum absolute atomic E-state index is 4.99. The van der Waals surface area contributed by atoms with Crippen molar-refractivity contribution in [3.05, 3.63) is 29.8 Å². The second-order valence-electron chi connectivity index (χ2n) is 2.01. The van der Waals surface area contributed by atoms with Crippen LogP contribution in [0.1, 0.15) is 5.56 Å². The molecule has 0 aliphatic carbocycles. The molecule has 1 nitrogen and oxygen atoms in total. The van der Waals surface area contributed by atoms with Crippen LogP contribution in [0.3, 0.4) is 0 Å². The van der Waals surface area contributed by atoms with Gasteiger partial charge >= 0.3 is 29.6 Å². The third kappa shape index (κ3) is 3.52. The first kappa shape index (κ1) is 11.4. The van der Waals surface area contributed by atoms with Crippen LogP contribution in [0.4, 0.5) is 0 Å². The average molecular weight is 177 g/mol. The molecule has 0 spiro atoms. The first-order chi connectivity index (χ1) is 4.86. The summed E-state index contributed by atoms with van der Waals surface area (Å²) in [7, 11) is 1.66. The molecule has 0 aliphatic rings. The Morgan fingerprint density at radius 2 is 1.82 bits per heavy atom. The van der Waals surface area contributed by atoms with Crippen molar-refractivity contribution in [2.24, 2.45) is 0 Å². The third-order valence-corrected chi connectivity index (χ3v) is 1.71. The van der Waals surface area contributed by atoms with Gasteiger partial charge in [0.2, 0.25) is 0 Å². The topological polar surface area (TPSA) is 9.23 Å². The summed E-state index contributed by atoms with van der Waals surface area (Å²) < 4.78 is 4.99. The number of rotatable bonds is 2. The van der Waals surface area contributed by atoms with Crippen LogP contribution >= 0.6 is 12.6 Å². The fraction of sp³-hybridized carbons (Fsp3) is 0.250. The summed E-state index contributed by atoms with van der Waals surface area (Å²) in [5.74, 6) is 1.68. The van der Waals surface area contributed by atoms with Crippen molar-refractivity contribution < 1.29 is 34.3 Å². The number of methoxy groups -OCH3 is 1. The zero-order valence-electron chi connectivity index (χ0n) is 6.87. The molecule has 0 amide bonds. The molecule has 0 atom stereocenters. The summed E-state index contributed by atoms with van der Waals surface area (Å²) in [6.45, 7) is 0. The van der Waals surface area contributed by atoms with E-state index in [1.165, 1.54) is 5.56 Å². The fourth-order valence-electron chi connectivity index (χ4n) is 0.731. The zero-order valence-corrected chi connectivity index (χ0v) is 9.77. The monoisotopic (exact) mass is 177 g/mol. The summed E-state index contributed by atoms with van der Waals surface area (Å²) in [6, 6.07) is 7.88. The molecule has 0 fully saturated rings. The van der Waals surface area contributed by atoms with Gasteiger partial charge in [0.05, 0.1) is 7.11 Å². The van der Waals surface area contributed by atoms with Crippen LogP contribution in [-0.4, -0.2) is 7.11 Å². The van der Waals surface area contributed by atoms with E-state index in [1.807, 2.05) is 24.3 Å². The predicted octanol–water partition coefficient (Wildman–Crippen LogP) is -0.871. The Labute approximate surface area is 94.8 Å². The van der Waals surface area contributed by atoms with Crippen molar-refractivity contribution in [3.8, 4) is 5.75 Å². The zero-order chi connectivity index (χ0) is 7.40. The smallest absolute Gasteiger partial charge is 0.497 e. The molecule has 0 aliphatic heterocycles. The summed E-state index contributed by atoms with van der Waals surface area (Å²) in [6.07, 6.45) is 0. The van der Waals surface area contributed by atoms with E-state index >= 15 is 0 Å². The van der Waals surface area contributed by atoms with Gasteiger partial charge in [-0.05, 0) is 17.7 Å². The van der Waals surface area contributed by atoms with E-state index < -0.39 is 0 Å². The van der Waals surface area contributed by atoms with Crippen LogP contribution in [0.5, 0.6) is 5.75 Å². The fourth-order valence-corrected chi connectivity index (χ4v) is 0.942. The van der Waals surface area contributed by atoms with Crippen LogP contribution in [0.15, 0.2) is 24.3 Å². The van der Waals surface area contributed by atoms with Gasteiger partial charge in [0, 0.05) is 5.75 Å². The number of hydrogen-bond donors (Lipinski definition) is 1. The van der Waals surface area contributed by atoms with Crippen molar-refractivity contribution in [3.63, 3.8) is 0 Å². The number of ether oxygens (including phenoxy) is 1. The molecule has 11 heavy (non-hydrogen) atoms. The molecular formula is C8H10NaOS+. The molecular weight excluding hydrogens is 167 g/mol. The van der Waals surface area contributed by atoms with Crippen LogP contribution in [0, 0.1) is 0 Å². The van der Waals surface area contributed by atoms with Crippen molar-refractivity contribution in [2.75, 3.05) is 7.11 Å². The van der Waals surface area contributed by atoms with E-state index in [9.17, 15) is 0 Å². The molecule has 0 radical (unpaired) electrons. The Kier molecular flexibility index (Phi) is 6.15. The van der Waals surface area contributed by atoms with Crippen LogP contribution in [0.25, 0.3) is 0 Å². The van der Waals surface area contributed by atoms with Crippen molar-refractivity contribution in [1.29, 1.82) is 0 Å². The van der Waals surface area contributed by atoms with Gasteiger partial charge in [0.15, 0.2) is 0 Å². The van der Waals surface area contributed by atoms with E-state index in [0.717, 1.165) is 11.5 Å². The van der Waals surface area contributed by atoms with Gasteiger partial charge in [-0.25, -0.2) is 0 Å². The van der Waals surface area contributed by atoms with E-state index in [-0.39, 0.29) is 29.6 Å². The summed E-state index contributed by atoms with van der Waals surface area (Å²) >= 11 is 4.13. The molecule has 3 heteroatoms. The van der Waals surface area contributed by atoms with Crippen molar-refractivity contribution in [2.45, 2.75) is 5.75 Å². The Morgan fingerprint density at radius 1 is 1.27 bits per heavy atom. The predicted molar refractivity (Wildman–Crippen MR) is 45.7 cm³/mol. The Balaban J connectivity index is 0.000001000.